The largest absolute Gasteiger partial charge is 0.444 e. The molecule has 282 valence electrons. The molecule has 2 aliphatic carbocycles. The molecule has 0 radical (unpaired) electrons. The number of ether oxygens (including phenoxy) is 1. The lowest BCUT2D eigenvalue weighted by atomic mass is 9.93. The maximum Gasteiger partial charge on any atom is 0.408 e. The number of nitrogens with zero attached hydrogens (tertiary/aromatic N) is 1. The van der Waals surface area contributed by atoms with Gasteiger partial charge >= 0.3 is 6.09 Å². The van der Waals surface area contributed by atoms with Crippen LogP contribution < -0.4 is 15.4 Å². The minimum Gasteiger partial charge on any atom is -0.444 e. The number of carbonyl (C=O) groups is 4. The van der Waals surface area contributed by atoms with Crippen molar-refractivity contribution < 1.29 is 32.3 Å². The van der Waals surface area contributed by atoms with Gasteiger partial charge in [-0.1, -0.05) is 100 Å². The Labute approximate surface area is 308 Å². The Kier molecular flexibility index (Phi) is 11.1. The highest BCUT2D eigenvalue weighted by molar-refractivity contribution is 7.91. The van der Waals surface area contributed by atoms with E-state index in [1.165, 1.54) is 0 Å². The van der Waals surface area contributed by atoms with Crippen LogP contribution in [0.4, 0.5) is 4.79 Å². The van der Waals surface area contributed by atoms with Gasteiger partial charge in [-0.05, 0) is 81.4 Å². The number of carbonyl (C=O) groups excluding carboxylic acids is 4. The summed E-state index contributed by atoms with van der Waals surface area (Å²) < 4.78 is 33.7. The summed E-state index contributed by atoms with van der Waals surface area (Å²) in [6.45, 7) is 7.59. The molecule has 11 nitrogen and oxygen atoms in total. The molecule has 2 aromatic carbocycles. The van der Waals surface area contributed by atoms with Crippen LogP contribution in [0.5, 0.6) is 0 Å². The standard InChI is InChI=1S/C40H54N4O7S/c1-26-13-9-6-5-7-12-16-33(41-38(48)51-39(2,3)4)36(46)44-25-30(29-19-17-28(18-20-29)27-14-10-8-11-15-27)23-34(44)35(45)42-40(24-32(26)40)37(47)43-52(49,50)31-21-22-31/h8,10-11,14-15,17-20,26,30-34H,5-7,9,12-13,16,21-25H2,1-4H3,(H,41,48)(H,42,45)(H,43,47)/t26?,30-,32+,33+,34+,40-/m1/s1. The monoisotopic (exact) mass is 734 g/mol. The first-order valence-corrected chi connectivity index (χ1v) is 20.5. The molecular weight excluding hydrogens is 681 g/mol. The number of amides is 4. The lowest BCUT2D eigenvalue weighted by molar-refractivity contribution is -0.141. The second-order valence-corrected chi connectivity index (χ2v) is 18.4. The highest BCUT2D eigenvalue weighted by atomic mass is 32.2. The molecule has 0 spiro atoms. The average Bonchev–Trinajstić information content (AvgIpc) is 4.02. The van der Waals surface area contributed by atoms with E-state index >= 15 is 0 Å². The molecule has 2 saturated carbocycles. The summed E-state index contributed by atoms with van der Waals surface area (Å²) in [4.78, 5) is 57.4. The van der Waals surface area contributed by atoms with E-state index in [0.717, 1.165) is 55.2 Å². The molecule has 2 aromatic rings. The first-order valence-electron chi connectivity index (χ1n) is 19.0. The van der Waals surface area contributed by atoms with Crippen LogP contribution in [0.25, 0.3) is 11.1 Å². The summed E-state index contributed by atoms with van der Waals surface area (Å²) in [6.07, 6.45) is 6.66. The Morgan fingerprint density at radius 2 is 1.52 bits per heavy atom. The Morgan fingerprint density at radius 3 is 2.17 bits per heavy atom. The van der Waals surface area contributed by atoms with E-state index in [1.54, 1.807) is 25.7 Å². The number of hydrogen-bond acceptors (Lipinski definition) is 7. The molecule has 6 atom stereocenters. The van der Waals surface area contributed by atoms with Gasteiger partial charge < -0.3 is 20.3 Å². The minimum atomic E-state index is -3.85. The van der Waals surface area contributed by atoms with Crippen LogP contribution in [0.3, 0.4) is 0 Å². The molecular formula is C40H54N4O7S. The highest BCUT2D eigenvalue weighted by Crippen LogP contribution is 2.51. The van der Waals surface area contributed by atoms with E-state index in [-0.39, 0.29) is 30.2 Å². The molecule has 0 bridgehead atoms. The van der Waals surface area contributed by atoms with Gasteiger partial charge in [0.05, 0.1) is 5.25 Å². The summed E-state index contributed by atoms with van der Waals surface area (Å²) >= 11 is 0. The van der Waals surface area contributed by atoms with Crippen LogP contribution in [0, 0.1) is 11.8 Å². The van der Waals surface area contributed by atoms with E-state index in [1.807, 2.05) is 54.6 Å². The molecule has 4 amide bonds. The smallest absolute Gasteiger partial charge is 0.408 e. The Hall–Kier alpha value is -3.93. The van der Waals surface area contributed by atoms with Gasteiger partial charge in [0.25, 0.3) is 5.91 Å². The Bertz CT molecular complexity index is 1740. The molecule has 2 aliphatic heterocycles. The predicted octanol–water partition coefficient (Wildman–Crippen LogP) is 5.80. The lowest BCUT2D eigenvalue weighted by Crippen LogP contribution is -2.58. The van der Waals surface area contributed by atoms with Crippen molar-refractivity contribution in [2.24, 2.45) is 11.8 Å². The van der Waals surface area contributed by atoms with Crippen LogP contribution >= 0.6 is 0 Å². The topological polar surface area (TPSA) is 151 Å². The van der Waals surface area contributed by atoms with Crippen molar-refractivity contribution in [3.63, 3.8) is 0 Å². The summed E-state index contributed by atoms with van der Waals surface area (Å²) in [6, 6.07) is 16.3. The lowest BCUT2D eigenvalue weighted by Gasteiger charge is -2.31. The van der Waals surface area contributed by atoms with Crippen molar-refractivity contribution in [3.05, 3.63) is 60.2 Å². The third-order valence-corrected chi connectivity index (χ3v) is 13.0. The third-order valence-electron chi connectivity index (χ3n) is 11.2. The van der Waals surface area contributed by atoms with Gasteiger partial charge in [-0.25, -0.2) is 13.2 Å². The van der Waals surface area contributed by atoms with Crippen LogP contribution in [-0.2, 0) is 29.1 Å². The Balaban J connectivity index is 1.31. The van der Waals surface area contributed by atoms with E-state index in [9.17, 15) is 27.6 Å². The van der Waals surface area contributed by atoms with Gasteiger partial charge in [-0.15, -0.1) is 0 Å². The fraction of sp³-hybridized carbons (Fsp3) is 0.600. The maximum atomic E-state index is 14.5. The van der Waals surface area contributed by atoms with E-state index < -0.39 is 56.4 Å². The van der Waals surface area contributed by atoms with Crippen molar-refractivity contribution in [1.82, 2.24) is 20.3 Å². The molecule has 12 heteroatoms. The Morgan fingerprint density at radius 1 is 0.885 bits per heavy atom. The maximum absolute atomic E-state index is 14.5. The summed E-state index contributed by atoms with van der Waals surface area (Å²) in [5.74, 6) is -1.90. The van der Waals surface area contributed by atoms with E-state index in [0.29, 0.717) is 32.1 Å². The number of alkyl carbamates (subject to hydrolysis) is 1. The van der Waals surface area contributed by atoms with Gasteiger partial charge in [0.15, 0.2) is 0 Å². The fourth-order valence-electron chi connectivity index (χ4n) is 8.02. The van der Waals surface area contributed by atoms with Crippen LogP contribution in [0.1, 0.15) is 110 Å². The minimum absolute atomic E-state index is 0.0854. The molecule has 2 saturated heterocycles. The number of rotatable bonds is 6. The highest BCUT2D eigenvalue weighted by Gasteiger charge is 2.64. The zero-order chi connectivity index (χ0) is 37.3. The third kappa shape index (κ3) is 8.81. The number of fused-ring (bicyclic) bond motifs is 2. The van der Waals surface area contributed by atoms with Crippen molar-refractivity contribution >= 4 is 33.8 Å². The second-order valence-electron chi connectivity index (χ2n) is 16.4. The summed E-state index contributed by atoms with van der Waals surface area (Å²) in [5, 5.41) is 5.25. The number of sulfonamides is 1. The molecule has 6 rings (SSSR count). The van der Waals surface area contributed by atoms with Crippen molar-refractivity contribution in [1.29, 1.82) is 0 Å². The van der Waals surface area contributed by atoms with Crippen molar-refractivity contribution in [2.45, 2.75) is 133 Å². The first-order chi connectivity index (χ1) is 24.7. The molecule has 4 fully saturated rings. The van der Waals surface area contributed by atoms with E-state index in [2.05, 4.69) is 22.3 Å². The van der Waals surface area contributed by atoms with Crippen molar-refractivity contribution in [3.8, 4) is 11.1 Å². The SMILES string of the molecule is CC1CCCCCCC[C@H](NC(=O)OC(C)(C)C)C(=O)N2C[C@H](c3ccc(-c4ccccc4)cc3)C[C@H]2C(=O)N[C@]2(C(=O)NS(=O)(=O)C3CC3)C[C@@H]12. The van der Waals surface area contributed by atoms with Crippen LogP contribution in [0.2, 0.25) is 0 Å². The van der Waals surface area contributed by atoms with Gasteiger partial charge in [0.1, 0.15) is 23.2 Å². The number of hydrogen-bond donors (Lipinski definition) is 3. The van der Waals surface area contributed by atoms with Gasteiger partial charge in [-0.3, -0.25) is 19.1 Å². The van der Waals surface area contributed by atoms with E-state index in [4.69, 9.17) is 4.74 Å². The number of benzene rings is 2. The molecule has 52 heavy (non-hydrogen) atoms. The molecule has 4 aliphatic rings. The summed E-state index contributed by atoms with van der Waals surface area (Å²) in [7, 11) is -3.85. The molecule has 3 N–H and O–H groups in total. The average molecular weight is 735 g/mol. The predicted molar refractivity (Wildman–Crippen MR) is 198 cm³/mol. The molecule has 2 heterocycles. The molecule has 0 aromatic heterocycles. The zero-order valence-electron chi connectivity index (χ0n) is 30.9. The first kappa shape index (κ1) is 37.8. The number of nitrogens with one attached hydrogen (secondary N) is 3. The van der Waals surface area contributed by atoms with Crippen LogP contribution in [-0.4, -0.2) is 72.2 Å². The van der Waals surface area contributed by atoms with Gasteiger partial charge in [0, 0.05) is 12.5 Å². The quantitative estimate of drug-likeness (QED) is 0.340. The summed E-state index contributed by atoms with van der Waals surface area (Å²) in [5.41, 5.74) is 0.949. The normalized spacial score (nSPS) is 28.9. The zero-order valence-corrected chi connectivity index (χ0v) is 31.7. The van der Waals surface area contributed by atoms with Gasteiger partial charge in [0.2, 0.25) is 21.8 Å². The van der Waals surface area contributed by atoms with Crippen molar-refractivity contribution in [2.75, 3.05) is 6.54 Å². The second kappa shape index (κ2) is 15.2. The van der Waals surface area contributed by atoms with Gasteiger partial charge in [-0.2, -0.15) is 0 Å². The fourth-order valence-corrected chi connectivity index (χ4v) is 9.39. The van der Waals surface area contributed by atoms with Crippen LogP contribution in [0.15, 0.2) is 54.6 Å². The molecule has 1 unspecified atom stereocenters.